The first-order chi connectivity index (χ1) is 11.5. The third-order valence-corrected chi connectivity index (χ3v) is 8.76. The van der Waals surface area contributed by atoms with Crippen LogP contribution in [0.2, 0.25) is 0 Å². The SMILES string of the molecule is CN=C(NCC1CCCC1O)N1CCS(=O)(=O)C2(CCCCC2)C1.I. The Morgan fingerprint density at radius 3 is 2.56 bits per heavy atom. The van der Waals surface area contributed by atoms with Gasteiger partial charge in [0.05, 0.1) is 16.6 Å². The maximum absolute atomic E-state index is 12.7. The molecule has 1 saturated heterocycles. The Balaban J connectivity index is 0.00000225. The van der Waals surface area contributed by atoms with E-state index in [2.05, 4.69) is 15.2 Å². The molecule has 2 N–H and O–H groups in total. The molecule has 1 aliphatic heterocycles. The maximum Gasteiger partial charge on any atom is 0.193 e. The summed E-state index contributed by atoms with van der Waals surface area (Å²) in [5.74, 6) is 1.28. The van der Waals surface area contributed by atoms with E-state index >= 15 is 0 Å². The van der Waals surface area contributed by atoms with Crippen molar-refractivity contribution < 1.29 is 13.5 Å². The molecule has 0 aromatic rings. The molecular weight excluding hydrogens is 453 g/mol. The predicted octanol–water partition coefficient (Wildman–Crippen LogP) is 1.77. The lowest BCUT2D eigenvalue weighted by Crippen LogP contribution is -2.60. The Morgan fingerprint density at radius 2 is 1.96 bits per heavy atom. The third kappa shape index (κ3) is 4.43. The molecule has 3 rings (SSSR count). The first-order valence-electron chi connectivity index (χ1n) is 9.33. The van der Waals surface area contributed by atoms with Crippen LogP contribution >= 0.6 is 24.0 Å². The Morgan fingerprint density at radius 1 is 1.24 bits per heavy atom. The fourth-order valence-electron chi connectivity index (χ4n) is 4.63. The summed E-state index contributed by atoms with van der Waals surface area (Å²) in [6.45, 7) is 1.78. The molecule has 0 aromatic heterocycles. The van der Waals surface area contributed by atoms with Gasteiger partial charge in [-0.3, -0.25) is 4.99 Å². The van der Waals surface area contributed by atoms with Crippen LogP contribution in [0.4, 0.5) is 0 Å². The topological polar surface area (TPSA) is 82.0 Å². The summed E-state index contributed by atoms with van der Waals surface area (Å²) < 4.78 is 24.8. The van der Waals surface area contributed by atoms with Crippen molar-refractivity contribution in [1.82, 2.24) is 10.2 Å². The second-order valence-corrected chi connectivity index (χ2v) is 10.2. The number of guanidine groups is 1. The lowest BCUT2D eigenvalue weighted by atomic mass is 9.87. The minimum atomic E-state index is -3.02. The second kappa shape index (κ2) is 8.73. The van der Waals surface area contributed by atoms with Crippen LogP contribution in [0.15, 0.2) is 4.99 Å². The van der Waals surface area contributed by atoms with Crippen molar-refractivity contribution in [2.24, 2.45) is 10.9 Å². The Bertz CT molecular complexity index is 576. The molecule has 8 heteroatoms. The van der Waals surface area contributed by atoms with Crippen LogP contribution in [0.25, 0.3) is 0 Å². The van der Waals surface area contributed by atoms with Crippen molar-refractivity contribution in [2.75, 3.05) is 32.4 Å². The van der Waals surface area contributed by atoms with Crippen molar-refractivity contribution in [3.05, 3.63) is 0 Å². The summed E-state index contributed by atoms with van der Waals surface area (Å²) in [4.78, 5) is 6.50. The number of rotatable bonds is 2. The number of halogens is 1. The molecule has 1 spiro atoms. The van der Waals surface area contributed by atoms with Crippen LogP contribution < -0.4 is 5.32 Å². The maximum atomic E-state index is 12.7. The average Bonchev–Trinajstić information content (AvgIpc) is 2.98. The summed E-state index contributed by atoms with van der Waals surface area (Å²) in [6, 6.07) is 0. The van der Waals surface area contributed by atoms with Crippen molar-refractivity contribution in [1.29, 1.82) is 0 Å². The summed E-state index contributed by atoms with van der Waals surface area (Å²) in [5, 5.41) is 13.4. The molecule has 0 bridgehead atoms. The fourth-order valence-corrected chi connectivity index (χ4v) is 6.79. The van der Waals surface area contributed by atoms with E-state index in [-0.39, 0.29) is 41.8 Å². The highest BCUT2D eigenvalue weighted by atomic mass is 127. The Hall–Kier alpha value is -0.0900. The van der Waals surface area contributed by atoms with Crippen molar-refractivity contribution >= 4 is 39.8 Å². The van der Waals surface area contributed by atoms with E-state index in [1.165, 1.54) is 0 Å². The highest BCUT2D eigenvalue weighted by Gasteiger charge is 2.48. The molecular formula is C17H32IN3O3S. The molecule has 2 unspecified atom stereocenters. The normalized spacial score (nSPS) is 31.6. The molecule has 146 valence electrons. The number of sulfone groups is 1. The van der Waals surface area contributed by atoms with E-state index in [1.807, 2.05) is 0 Å². The minimum absolute atomic E-state index is 0. The first-order valence-corrected chi connectivity index (χ1v) is 11.0. The van der Waals surface area contributed by atoms with E-state index in [9.17, 15) is 13.5 Å². The van der Waals surface area contributed by atoms with Gasteiger partial charge in [-0.1, -0.05) is 25.7 Å². The number of hydrogen-bond acceptors (Lipinski definition) is 4. The molecule has 6 nitrogen and oxygen atoms in total. The molecule has 1 heterocycles. The zero-order valence-corrected chi connectivity index (χ0v) is 18.3. The lowest BCUT2D eigenvalue weighted by molar-refractivity contribution is 0.133. The van der Waals surface area contributed by atoms with Crippen LogP contribution in [0.1, 0.15) is 51.4 Å². The Labute approximate surface area is 168 Å². The fraction of sp³-hybridized carbons (Fsp3) is 0.941. The van der Waals surface area contributed by atoms with E-state index in [4.69, 9.17) is 0 Å². The van der Waals surface area contributed by atoms with Crippen LogP contribution in [0.5, 0.6) is 0 Å². The molecule has 2 saturated carbocycles. The minimum Gasteiger partial charge on any atom is -0.393 e. The number of aliphatic imine (C=N–C) groups is 1. The van der Waals surface area contributed by atoms with Gasteiger partial charge >= 0.3 is 0 Å². The van der Waals surface area contributed by atoms with Gasteiger partial charge in [-0.25, -0.2) is 8.42 Å². The van der Waals surface area contributed by atoms with E-state index < -0.39 is 14.6 Å². The summed E-state index contributed by atoms with van der Waals surface area (Å²) in [7, 11) is -1.27. The van der Waals surface area contributed by atoms with Gasteiger partial charge in [0.2, 0.25) is 0 Å². The van der Waals surface area contributed by atoms with E-state index in [0.29, 0.717) is 19.6 Å². The predicted molar refractivity (Wildman–Crippen MR) is 111 cm³/mol. The second-order valence-electron chi connectivity index (χ2n) is 7.67. The van der Waals surface area contributed by atoms with Gasteiger partial charge in [0, 0.05) is 32.6 Å². The highest BCUT2D eigenvalue weighted by molar-refractivity contribution is 14.0. The highest BCUT2D eigenvalue weighted by Crippen LogP contribution is 2.38. The zero-order chi connectivity index (χ0) is 17.2. The van der Waals surface area contributed by atoms with Crippen molar-refractivity contribution in [3.63, 3.8) is 0 Å². The molecule has 0 aromatic carbocycles. The summed E-state index contributed by atoms with van der Waals surface area (Å²) in [5.41, 5.74) is 0. The zero-order valence-electron chi connectivity index (χ0n) is 15.1. The van der Waals surface area contributed by atoms with E-state index in [1.54, 1.807) is 7.05 Å². The van der Waals surface area contributed by atoms with Crippen LogP contribution in [0.3, 0.4) is 0 Å². The van der Waals surface area contributed by atoms with Crippen molar-refractivity contribution in [3.8, 4) is 0 Å². The van der Waals surface area contributed by atoms with E-state index in [0.717, 1.165) is 57.3 Å². The van der Waals surface area contributed by atoms with Crippen molar-refractivity contribution in [2.45, 2.75) is 62.2 Å². The Kier molecular flexibility index (Phi) is 7.41. The molecule has 0 radical (unpaired) electrons. The van der Waals surface area contributed by atoms with Gasteiger partial charge in [0.25, 0.3) is 0 Å². The largest absolute Gasteiger partial charge is 0.393 e. The standard InChI is InChI=1S/C17H31N3O3S.HI/c1-18-16(19-12-14-6-5-7-15(14)21)20-10-11-24(22,23)17(13-20)8-3-2-4-9-17;/h14-15,21H,2-13H2,1H3,(H,18,19);1H. The van der Waals surface area contributed by atoms with Crippen LogP contribution in [-0.2, 0) is 9.84 Å². The van der Waals surface area contributed by atoms with Gasteiger partial charge in [-0.05, 0) is 25.7 Å². The first kappa shape index (κ1) is 21.2. The van der Waals surface area contributed by atoms with Gasteiger partial charge in [-0.2, -0.15) is 0 Å². The average molecular weight is 485 g/mol. The molecule has 3 fully saturated rings. The molecule has 2 aliphatic carbocycles. The molecule has 2 atom stereocenters. The van der Waals surface area contributed by atoms with Crippen LogP contribution in [0, 0.1) is 5.92 Å². The lowest BCUT2D eigenvalue weighted by Gasteiger charge is -2.45. The van der Waals surface area contributed by atoms with Crippen LogP contribution in [-0.4, -0.2) is 67.7 Å². The molecule has 3 aliphatic rings. The van der Waals surface area contributed by atoms with Gasteiger partial charge in [-0.15, -0.1) is 24.0 Å². The monoisotopic (exact) mass is 485 g/mol. The molecule has 0 amide bonds. The van der Waals surface area contributed by atoms with Gasteiger partial charge in [0.1, 0.15) is 0 Å². The summed E-state index contributed by atoms with van der Waals surface area (Å²) in [6.07, 6.45) is 7.51. The number of aliphatic hydroxyl groups is 1. The number of hydrogen-bond donors (Lipinski definition) is 2. The number of nitrogens with one attached hydrogen (secondary N) is 1. The number of nitrogens with zero attached hydrogens (tertiary/aromatic N) is 2. The summed E-state index contributed by atoms with van der Waals surface area (Å²) >= 11 is 0. The third-order valence-electron chi connectivity index (χ3n) is 6.19. The quantitative estimate of drug-likeness (QED) is 0.354. The van der Waals surface area contributed by atoms with Gasteiger partial charge in [0.15, 0.2) is 15.8 Å². The van der Waals surface area contributed by atoms with Gasteiger partial charge < -0.3 is 15.3 Å². The number of aliphatic hydroxyl groups excluding tert-OH is 1. The molecule has 25 heavy (non-hydrogen) atoms. The smallest absolute Gasteiger partial charge is 0.193 e.